The lowest BCUT2D eigenvalue weighted by atomic mass is 10.1. The molecule has 1 fully saturated rings. The van der Waals surface area contributed by atoms with Crippen molar-refractivity contribution in [2.45, 2.75) is 32.7 Å². The summed E-state index contributed by atoms with van der Waals surface area (Å²) in [7, 11) is 0. The van der Waals surface area contributed by atoms with E-state index in [1.54, 1.807) is 18.2 Å². The molecule has 2 rings (SSSR count). The minimum atomic E-state index is -0.362. The number of phenols is 1. The minimum absolute atomic E-state index is 0.138. The largest absolute Gasteiger partial charge is 0.504 e. The van der Waals surface area contributed by atoms with E-state index in [0.29, 0.717) is 19.0 Å². The maximum Gasteiger partial charge on any atom is 0.184 e. The second-order valence-electron chi connectivity index (χ2n) is 4.10. The van der Waals surface area contributed by atoms with Gasteiger partial charge in [0.2, 0.25) is 0 Å². The molecule has 1 saturated heterocycles. The van der Waals surface area contributed by atoms with Crippen LogP contribution in [-0.4, -0.2) is 24.4 Å². The van der Waals surface area contributed by atoms with E-state index in [1.165, 1.54) is 0 Å². The highest BCUT2D eigenvalue weighted by atomic mass is 16.7. The van der Waals surface area contributed by atoms with Crippen LogP contribution in [0.5, 0.6) is 11.5 Å². The summed E-state index contributed by atoms with van der Waals surface area (Å²) in [5.41, 5.74) is 0.873. The summed E-state index contributed by atoms with van der Waals surface area (Å²) < 4.78 is 16.6. The van der Waals surface area contributed by atoms with Crippen LogP contribution in [0.25, 0.3) is 0 Å². The van der Waals surface area contributed by atoms with Crippen molar-refractivity contribution in [3.05, 3.63) is 23.8 Å². The highest BCUT2D eigenvalue weighted by Gasteiger charge is 2.22. The van der Waals surface area contributed by atoms with Gasteiger partial charge in [-0.1, -0.05) is 6.07 Å². The van der Waals surface area contributed by atoms with Crippen molar-refractivity contribution in [2.75, 3.05) is 13.2 Å². The molecule has 0 spiro atoms. The molecular formula is C13H18O4. The van der Waals surface area contributed by atoms with Crippen molar-refractivity contribution >= 4 is 0 Å². The number of rotatable bonds is 3. The summed E-state index contributed by atoms with van der Waals surface area (Å²) in [5.74, 6) is 0.606. The molecule has 0 aromatic heterocycles. The first-order valence-corrected chi connectivity index (χ1v) is 5.93. The average molecular weight is 238 g/mol. The van der Waals surface area contributed by atoms with Gasteiger partial charge in [-0.3, -0.25) is 0 Å². The number of hydrogen-bond donors (Lipinski definition) is 1. The molecule has 17 heavy (non-hydrogen) atoms. The molecule has 94 valence electrons. The van der Waals surface area contributed by atoms with Gasteiger partial charge >= 0.3 is 0 Å². The lowest BCUT2D eigenvalue weighted by molar-refractivity contribution is -0.212. The molecule has 0 bridgehead atoms. The Morgan fingerprint density at radius 2 is 2.29 bits per heavy atom. The lowest BCUT2D eigenvalue weighted by Gasteiger charge is -2.28. The van der Waals surface area contributed by atoms with Crippen LogP contribution in [-0.2, 0) is 9.47 Å². The second-order valence-corrected chi connectivity index (χ2v) is 4.10. The number of benzene rings is 1. The van der Waals surface area contributed by atoms with Crippen molar-refractivity contribution < 1.29 is 19.3 Å². The predicted molar refractivity (Wildman–Crippen MR) is 63.1 cm³/mol. The summed E-state index contributed by atoms with van der Waals surface area (Å²) in [4.78, 5) is 0. The van der Waals surface area contributed by atoms with E-state index >= 15 is 0 Å². The molecule has 1 N–H and O–H groups in total. The van der Waals surface area contributed by atoms with Crippen LogP contribution >= 0.6 is 0 Å². The van der Waals surface area contributed by atoms with Gasteiger partial charge in [-0.25, -0.2) is 0 Å². The van der Waals surface area contributed by atoms with Gasteiger partial charge in [0.05, 0.1) is 19.3 Å². The Hall–Kier alpha value is -1.26. The third-order valence-corrected chi connectivity index (χ3v) is 2.71. The van der Waals surface area contributed by atoms with E-state index in [4.69, 9.17) is 14.2 Å². The Labute approximate surface area is 101 Å². The summed E-state index contributed by atoms with van der Waals surface area (Å²) >= 11 is 0. The van der Waals surface area contributed by atoms with Gasteiger partial charge in [0.25, 0.3) is 0 Å². The Bertz CT molecular complexity index is 378. The Kier molecular flexibility index (Phi) is 3.86. The van der Waals surface area contributed by atoms with E-state index < -0.39 is 0 Å². The second kappa shape index (κ2) is 5.38. The van der Waals surface area contributed by atoms with Crippen molar-refractivity contribution in [3.63, 3.8) is 0 Å². The van der Waals surface area contributed by atoms with Gasteiger partial charge in [0, 0.05) is 5.56 Å². The summed E-state index contributed by atoms with van der Waals surface area (Å²) in [6.07, 6.45) is 0.740. The molecule has 4 heteroatoms. The first kappa shape index (κ1) is 12.2. The maximum absolute atomic E-state index is 9.61. The summed E-state index contributed by atoms with van der Waals surface area (Å²) in [5, 5.41) is 9.61. The molecule has 1 aliphatic heterocycles. The van der Waals surface area contributed by atoms with Crippen LogP contribution in [0.2, 0.25) is 0 Å². The van der Waals surface area contributed by atoms with Gasteiger partial charge in [-0.05, 0) is 32.4 Å². The van der Waals surface area contributed by atoms with E-state index in [0.717, 1.165) is 12.0 Å². The molecule has 1 heterocycles. The van der Waals surface area contributed by atoms with Crippen LogP contribution < -0.4 is 4.74 Å². The number of aromatic hydroxyl groups is 1. The molecule has 2 atom stereocenters. The maximum atomic E-state index is 9.61. The van der Waals surface area contributed by atoms with Crippen molar-refractivity contribution in [1.29, 1.82) is 0 Å². The Morgan fingerprint density at radius 1 is 1.47 bits per heavy atom. The van der Waals surface area contributed by atoms with E-state index in [9.17, 15) is 5.11 Å². The molecule has 1 aliphatic rings. The molecule has 0 amide bonds. The number of ether oxygens (including phenoxy) is 3. The van der Waals surface area contributed by atoms with Crippen molar-refractivity contribution in [1.82, 2.24) is 0 Å². The smallest absolute Gasteiger partial charge is 0.184 e. The Morgan fingerprint density at radius 3 is 3.00 bits per heavy atom. The number of phenolic OH excluding ortho intramolecular Hbond substituents is 1. The normalized spacial score (nSPS) is 24.6. The first-order valence-electron chi connectivity index (χ1n) is 5.93. The van der Waals surface area contributed by atoms with Gasteiger partial charge in [-0.2, -0.15) is 0 Å². The molecule has 1 aromatic rings. The zero-order chi connectivity index (χ0) is 12.3. The topological polar surface area (TPSA) is 47.9 Å². The zero-order valence-electron chi connectivity index (χ0n) is 10.2. The van der Waals surface area contributed by atoms with Crippen molar-refractivity contribution in [3.8, 4) is 11.5 Å². The predicted octanol–water partition coefficient (Wildman–Crippen LogP) is 2.61. The van der Waals surface area contributed by atoms with Gasteiger partial charge in [-0.15, -0.1) is 0 Å². The minimum Gasteiger partial charge on any atom is -0.504 e. The zero-order valence-corrected chi connectivity index (χ0v) is 10.2. The molecule has 4 nitrogen and oxygen atoms in total. The summed E-state index contributed by atoms with van der Waals surface area (Å²) in [6, 6.07) is 5.16. The highest BCUT2D eigenvalue weighted by molar-refractivity contribution is 5.42. The molecule has 0 unspecified atom stereocenters. The quantitative estimate of drug-likeness (QED) is 0.879. The van der Waals surface area contributed by atoms with Crippen LogP contribution in [0.4, 0.5) is 0 Å². The van der Waals surface area contributed by atoms with E-state index in [-0.39, 0.29) is 18.1 Å². The molecular weight excluding hydrogens is 220 g/mol. The van der Waals surface area contributed by atoms with E-state index in [1.807, 2.05) is 13.8 Å². The third-order valence-electron chi connectivity index (χ3n) is 2.71. The fraction of sp³-hybridized carbons (Fsp3) is 0.538. The van der Waals surface area contributed by atoms with Crippen LogP contribution in [0.1, 0.15) is 32.1 Å². The van der Waals surface area contributed by atoms with Crippen LogP contribution in [0.15, 0.2) is 18.2 Å². The van der Waals surface area contributed by atoms with Gasteiger partial charge in [0.15, 0.2) is 17.8 Å². The van der Waals surface area contributed by atoms with E-state index in [2.05, 4.69) is 0 Å². The van der Waals surface area contributed by atoms with Gasteiger partial charge < -0.3 is 19.3 Å². The van der Waals surface area contributed by atoms with Crippen molar-refractivity contribution in [2.24, 2.45) is 0 Å². The molecule has 1 aromatic carbocycles. The molecule has 0 radical (unpaired) electrons. The highest BCUT2D eigenvalue weighted by Crippen LogP contribution is 2.33. The fourth-order valence-electron chi connectivity index (χ4n) is 1.78. The summed E-state index contributed by atoms with van der Waals surface area (Å²) in [6.45, 7) is 5.11. The SMILES string of the molecule is CCOc1cc([C@@H]2OCC[C@@H](C)O2)ccc1O. The standard InChI is InChI=1S/C13H18O4/c1-3-15-12-8-10(4-5-11(12)14)13-16-7-6-9(2)17-13/h4-5,8-9,13-14H,3,6-7H2,1-2H3/t9-,13-/m1/s1. The Balaban J connectivity index is 2.17. The third kappa shape index (κ3) is 2.90. The van der Waals surface area contributed by atoms with Crippen LogP contribution in [0, 0.1) is 0 Å². The monoisotopic (exact) mass is 238 g/mol. The first-order chi connectivity index (χ1) is 8.20. The average Bonchev–Trinajstić information content (AvgIpc) is 2.32. The molecule has 0 aliphatic carbocycles. The number of hydrogen-bond acceptors (Lipinski definition) is 4. The fourth-order valence-corrected chi connectivity index (χ4v) is 1.78. The van der Waals surface area contributed by atoms with Gasteiger partial charge in [0.1, 0.15) is 0 Å². The molecule has 0 saturated carbocycles. The lowest BCUT2D eigenvalue weighted by Crippen LogP contribution is -2.24. The van der Waals surface area contributed by atoms with Crippen LogP contribution in [0.3, 0.4) is 0 Å².